The Morgan fingerprint density at radius 1 is 1.10 bits per heavy atom. The van der Waals surface area contributed by atoms with Gasteiger partial charge in [-0.15, -0.1) is 0 Å². The molecule has 0 fully saturated rings. The molecule has 0 saturated heterocycles. The number of halogens is 2. The highest BCUT2D eigenvalue weighted by Gasteiger charge is 2.08. The number of carbonyl (C=O) groups excluding carboxylic acids is 1. The Labute approximate surface area is 136 Å². The number of amides is 2. The molecule has 0 spiro atoms. The molecule has 1 heterocycles. The van der Waals surface area contributed by atoms with Crippen molar-refractivity contribution in [3.63, 3.8) is 0 Å². The fourth-order valence-electron chi connectivity index (χ4n) is 1.47. The Bertz CT molecular complexity index is 690. The highest BCUT2D eigenvalue weighted by molar-refractivity contribution is 9.11. The molecule has 0 saturated carbocycles. The summed E-state index contributed by atoms with van der Waals surface area (Å²) in [6, 6.07) is 7.66. The van der Waals surface area contributed by atoms with E-state index in [4.69, 9.17) is 5.11 Å². The molecule has 0 aliphatic carbocycles. The standard InChI is InChI=1S/C13H9Br2N3O3/c14-7-1-3-10(9(15)5-7)18-13(21)17-8-2-4-11(12(19)20)16-6-8/h1-6H,(H,19,20)(H2,17,18,21). The molecule has 21 heavy (non-hydrogen) atoms. The number of aromatic carboxylic acids is 1. The molecule has 3 N–H and O–H groups in total. The lowest BCUT2D eigenvalue weighted by atomic mass is 10.3. The van der Waals surface area contributed by atoms with Gasteiger partial charge in [0.25, 0.3) is 0 Å². The van der Waals surface area contributed by atoms with Crippen LogP contribution in [0.25, 0.3) is 0 Å². The topological polar surface area (TPSA) is 91.3 Å². The van der Waals surface area contributed by atoms with E-state index in [1.807, 2.05) is 0 Å². The molecule has 0 radical (unpaired) electrons. The molecule has 2 rings (SSSR count). The van der Waals surface area contributed by atoms with Crippen molar-refractivity contribution in [2.45, 2.75) is 0 Å². The summed E-state index contributed by atoms with van der Waals surface area (Å²) in [6.45, 7) is 0. The van der Waals surface area contributed by atoms with Crippen LogP contribution < -0.4 is 10.6 Å². The Morgan fingerprint density at radius 2 is 1.86 bits per heavy atom. The maximum Gasteiger partial charge on any atom is 0.354 e. The number of nitrogens with one attached hydrogen (secondary N) is 2. The monoisotopic (exact) mass is 413 g/mol. The maximum absolute atomic E-state index is 11.8. The third-order valence-corrected chi connectivity index (χ3v) is 3.57. The summed E-state index contributed by atoms with van der Waals surface area (Å²) in [5.74, 6) is -1.12. The van der Waals surface area contributed by atoms with Crippen LogP contribution in [0, 0.1) is 0 Å². The van der Waals surface area contributed by atoms with E-state index in [1.54, 1.807) is 18.2 Å². The number of benzene rings is 1. The van der Waals surface area contributed by atoms with Crippen molar-refractivity contribution in [3.8, 4) is 0 Å². The number of hydrogen-bond acceptors (Lipinski definition) is 3. The van der Waals surface area contributed by atoms with Crippen molar-refractivity contribution in [3.05, 3.63) is 51.2 Å². The second-order valence-corrected chi connectivity index (χ2v) is 5.71. The van der Waals surface area contributed by atoms with Gasteiger partial charge in [0.2, 0.25) is 0 Å². The number of hydrogen-bond donors (Lipinski definition) is 3. The average Bonchev–Trinajstić information content (AvgIpc) is 2.42. The molecule has 0 unspecified atom stereocenters. The number of carbonyl (C=O) groups is 2. The first-order chi connectivity index (χ1) is 9.95. The number of carboxylic acids is 1. The molecule has 1 aromatic heterocycles. The van der Waals surface area contributed by atoms with Gasteiger partial charge in [0.1, 0.15) is 5.69 Å². The number of carboxylic acid groups (broad SMARTS) is 1. The Kier molecular flexibility index (Phi) is 4.92. The molecule has 108 valence electrons. The second kappa shape index (κ2) is 6.68. The van der Waals surface area contributed by atoms with Crippen molar-refractivity contribution in [2.24, 2.45) is 0 Å². The van der Waals surface area contributed by atoms with Crippen LogP contribution in [0.1, 0.15) is 10.5 Å². The zero-order valence-corrected chi connectivity index (χ0v) is 13.6. The van der Waals surface area contributed by atoms with Crippen molar-refractivity contribution >= 4 is 55.2 Å². The molecular formula is C13H9Br2N3O3. The van der Waals surface area contributed by atoms with E-state index in [1.165, 1.54) is 18.3 Å². The molecule has 2 aromatic rings. The minimum atomic E-state index is -1.12. The summed E-state index contributed by atoms with van der Waals surface area (Å²) in [7, 11) is 0. The second-order valence-electron chi connectivity index (χ2n) is 3.94. The van der Waals surface area contributed by atoms with Crippen LogP contribution in [-0.2, 0) is 0 Å². The summed E-state index contributed by atoms with van der Waals surface area (Å²) in [4.78, 5) is 26.2. The number of urea groups is 1. The van der Waals surface area contributed by atoms with Crippen molar-refractivity contribution in [1.29, 1.82) is 0 Å². The Morgan fingerprint density at radius 3 is 2.43 bits per heavy atom. The first-order valence-electron chi connectivity index (χ1n) is 5.68. The number of pyridine rings is 1. The third-order valence-electron chi connectivity index (χ3n) is 2.42. The van der Waals surface area contributed by atoms with Crippen LogP contribution in [-0.4, -0.2) is 22.1 Å². The minimum Gasteiger partial charge on any atom is -0.477 e. The predicted molar refractivity (Wildman–Crippen MR) is 85.7 cm³/mol. The first-order valence-corrected chi connectivity index (χ1v) is 7.27. The lowest BCUT2D eigenvalue weighted by Gasteiger charge is -2.09. The Hall–Kier alpha value is -1.93. The van der Waals surface area contributed by atoms with Crippen LogP contribution in [0.4, 0.5) is 16.2 Å². The zero-order chi connectivity index (χ0) is 15.4. The van der Waals surface area contributed by atoms with Crippen LogP contribution in [0.3, 0.4) is 0 Å². The van der Waals surface area contributed by atoms with E-state index in [0.29, 0.717) is 11.4 Å². The molecule has 1 aromatic carbocycles. The summed E-state index contributed by atoms with van der Waals surface area (Å²) < 4.78 is 1.61. The fraction of sp³-hybridized carbons (Fsp3) is 0. The maximum atomic E-state index is 11.8. The molecule has 0 aliphatic heterocycles. The van der Waals surface area contributed by atoms with Gasteiger partial charge in [-0.05, 0) is 46.3 Å². The quantitative estimate of drug-likeness (QED) is 0.709. The molecule has 2 amide bonds. The molecule has 0 atom stereocenters. The van der Waals surface area contributed by atoms with Crippen LogP contribution in [0.2, 0.25) is 0 Å². The largest absolute Gasteiger partial charge is 0.477 e. The van der Waals surface area contributed by atoms with Gasteiger partial charge < -0.3 is 15.7 Å². The van der Waals surface area contributed by atoms with E-state index >= 15 is 0 Å². The predicted octanol–water partition coefficient (Wildman–Crippen LogP) is 3.95. The number of nitrogens with zero attached hydrogens (tertiary/aromatic N) is 1. The first kappa shape index (κ1) is 15.5. The van der Waals surface area contributed by atoms with E-state index in [-0.39, 0.29) is 5.69 Å². The summed E-state index contributed by atoms with van der Waals surface area (Å²) in [6.07, 6.45) is 1.28. The average molecular weight is 415 g/mol. The van der Waals surface area contributed by atoms with Gasteiger partial charge in [0.05, 0.1) is 17.6 Å². The molecule has 0 bridgehead atoms. The smallest absolute Gasteiger partial charge is 0.354 e. The van der Waals surface area contributed by atoms with E-state index in [2.05, 4.69) is 47.5 Å². The van der Waals surface area contributed by atoms with E-state index in [9.17, 15) is 9.59 Å². The van der Waals surface area contributed by atoms with Gasteiger partial charge >= 0.3 is 12.0 Å². The number of aromatic nitrogens is 1. The van der Waals surface area contributed by atoms with Crippen molar-refractivity contribution in [2.75, 3.05) is 10.6 Å². The highest BCUT2D eigenvalue weighted by atomic mass is 79.9. The van der Waals surface area contributed by atoms with Gasteiger partial charge in [-0.2, -0.15) is 0 Å². The van der Waals surface area contributed by atoms with Gasteiger partial charge in [-0.1, -0.05) is 15.9 Å². The third kappa shape index (κ3) is 4.27. The fourth-order valence-corrected chi connectivity index (χ4v) is 2.62. The van der Waals surface area contributed by atoms with Gasteiger partial charge in [-0.25, -0.2) is 14.6 Å². The van der Waals surface area contributed by atoms with Gasteiger partial charge in [0.15, 0.2) is 0 Å². The summed E-state index contributed by atoms with van der Waals surface area (Å²) in [5, 5.41) is 14.0. The number of anilines is 2. The highest BCUT2D eigenvalue weighted by Crippen LogP contribution is 2.26. The van der Waals surface area contributed by atoms with Crippen molar-refractivity contribution < 1.29 is 14.7 Å². The summed E-state index contributed by atoms with van der Waals surface area (Å²) >= 11 is 6.66. The van der Waals surface area contributed by atoms with Crippen LogP contribution in [0.15, 0.2) is 45.5 Å². The molecule has 8 heteroatoms. The van der Waals surface area contributed by atoms with Crippen LogP contribution >= 0.6 is 31.9 Å². The molecule has 0 aliphatic rings. The SMILES string of the molecule is O=C(Nc1ccc(C(=O)O)nc1)Nc1ccc(Br)cc1Br. The van der Waals surface area contributed by atoms with E-state index < -0.39 is 12.0 Å². The normalized spacial score (nSPS) is 10.0. The van der Waals surface area contributed by atoms with Crippen molar-refractivity contribution in [1.82, 2.24) is 4.98 Å². The van der Waals surface area contributed by atoms with E-state index in [0.717, 1.165) is 8.95 Å². The Balaban J connectivity index is 2.02. The summed E-state index contributed by atoms with van der Waals surface area (Å²) in [5.41, 5.74) is 0.910. The molecular weight excluding hydrogens is 406 g/mol. The lowest BCUT2D eigenvalue weighted by molar-refractivity contribution is 0.0690. The zero-order valence-electron chi connectivity index (χ0n) is 10.4. The van der Waals surface area contributed by atoms with Gasteiger partial charge in [0, 0.05) is 8.95 Å². The minimum absolute atomic E-state index is 0.0865. The number of rotatable bonds is 3. The van der Waals surface area contributed by atoms with Gasteiger partial charge in [-0.3, -0.25) is 0 Å². The molecule has 6 nitrogen and oxygen atoms in total. The lowest BCUT2D eigenvalue weighted by Crippen LogP contribution is -2.19. The van der Waals surface area contributed by atoms with Crippen LogP contribution in [0.5, 0.6) is 0 Å².